The lowest BCUT2D eigenvalue weighted by Crippen LogP contribution is -2.45. The number of nitrogens with two attached hydrogens (primary N) is 1. The molecule has 1 aliphatic carbocycles. The van der Waals surface area contributed by atoms with Gasteiger partial charge in [-0.1, -0.05) is 6.07 Å². The number of carbonyl (C=O) groups excluding carboxylic acids is 2. The first kappa shape index (κ1) is 22.8. The van der Waals surface area contributed by atoms with Crippen molar-refractivity contribution in [3.8, 4) is 0 Å². The number of nitrogens with zero attached hydrogens (tertiary/aromatic N) is 3. The van der Waals surface area contributed by atoms with Gasteiger partial charge in [-0.3, -0.25) is 9.59 Å². The third kappa shape index (κ3) is 3.69. The molecule has 188 valence electrons. The molecule has 2 aromatic heterocycles. The number of rotatable bonds is 3. The minimum atomic E-state index is -4.50. The lowest BCUT2D eigenvalue weighted by molar-refractivity contribution is -0.137. The zero-order valence-electron chi connectivity index (χ0n) is 19.5. The number of anilines is 1. The molecule has 6 rings (SSSR count). The Hall–Kier alpha value is -3.60. The second kappa shape index (κ2) is 7.95. The zero-order chi connectivity index (χ0) is 25.4. The highest BCUT2D eigenvalue weighted by molar-refractivity contribution is 5.98. The Labute approximate surface area is 204 Å². The SMILES string of the molecule is CN(C(=O)c1cc2nc(N)c3c(c2[nH]1)COC3)[C@@H]1CN(C(=O)C2CC2)Cc2cc(C(F)(F)F)ccc21. The van der Waals surface area contributed by atoms with Crippen LogP contribution >= 0.6 is 0 Å². The van der Waals surface area contributed by atoms with E-state index in [0.717, 1.165) is 36.1 Å². The molecule has 1 atom stereocenters. The van der Waals surface area contributed by atoms with E-state index < -0.39 is 17.8 Å². The Morgan fingerprint density at radius 1 is 1.19 bits per heavy atom. The summed E-state index contributed by atoms with van der Waals surface area (Å²) in [5, 5.41) is 0. The Morgan fingerprint density at radius 3 is 2.67 bits per heavy atom. The second-order valence-electron chi connectivity index (χ2n) is 9.73. The van der Waals surface area contributed by atoms with Crippen molar-refractivity contribution < 1.29 is 27.5 Å². The molecule has 0 unspecified atom stereocenters. The maximum atomic E-state index is 13.6. The van der Waals surface area contributed by atoms with E-state index in [1.165, 1.54) is 11.0 Å². The number of likely N-dealkylation sites (N-methyl/N-ethyl adjacent to an activating group) is 1. The molecule has 4 heterocycles. The first-order chi connectivity index (χ1) is 17.1. The van der Waals surface area contributed by atoms with E-state index in [2.05, 4.69) is 9.97 Å². The highest BCUT2D eigenvalue weighted by atomic mass is 19.4. The molecule has 2 aliphatic heterocycles. The van der Waals surface area contributed by atoms with Gasteiger partial charge in [0.05, 0.1) is 35.9 Å². The van der Waals surface area contributed by atoms with Crippen molar-refractivity contribution >= 4 is 28.7 Å². The molecule has 3 aliphatic rings. The van der Waals surface area contributed by atoms with Crippen molar-refractivity contribution in [1.82, 2.24) is 19.8 Å². The molecule has 3 N–H and O–H groups in total. The maximum absolute atomic E-state index is 13.6. The molecule has 36 heavy (non-hydrogen) atoms. The number of fused-ring (bicyclic) bond motifs is 4. The lowest BCUT2D eigenvalue weighted by Gasteiger charge is -2.39. The number of hydrogen-bond acceptors (Lipinski definition) is 5. The summed E-state index contributed by atoms with van der Waals surface area (Å²) in [5.41, 5.74) is 9.44. The predicted molar refractivity (Wildman–Crippen MR) is 123 cm³/mol. The summed E-state index contributed by atoms with van der Waals surface area (Å²) in [6.45, 7) is 1.02. The average molecular weight is 499 g/mol. The van der Waals surface area contributed by atoms with Crippen molar-refractivity contribution in [2.75, 3.05) is 19.3 Å². The van der Waals surface area contributed by atoms with Crippen LogP contribution in [0.1, 0.15) is 57.2 Å². The van der Waals surface area contributed by atoms with Crippen LogP contribution in [0.4, 0.5) is 19.0 Å². The van der Waals surface area contributed by atoms with Crippen LogP contribution in [0.15, 0.2) is 24.3 Å². The molecule has 2 amide bonds. The molecule has 3 aromatic rings. The molecule has 1 fully saturated rings. The molecular weight excluding hydrogens is 475 g/mol. The second-order valence-corrected chi connectivity index (χ2v) is 9.73. The zero-order valence-corrected chi connectivity index (χ0v) is 19.5. The molecule has 0 saturated heterocycles. The van der Waals surface area contributed by atoms with Gasteiger partial charge in [0.2, 0.25) is 5.91 Å². The Kier molecular flexibility index (Phi) is 5.05. The van der Waals surface area contributed by atoms with Crippen LogP contribution in [0.3, 0.4) is 0 Å². The first-order valence-corrected chi connectivity index (χ1v) is 11.8. The molecule has 1 saturated carbocycles. The van der Waals surface area contributed by atoms with Gasteiger partial charge >= 0.3 is 6.18 Å². The number of aromatic amines is 1. The summed E-state index contributed by atoms with van der Waals surface area (Å²) >= 11 is 0. The van der Waals surface area contributed by atoms with Gasteiger partial charge in [0, 0.05) is 37.2 Å². The van der Waals surface area contributed by atoms with Crippen molar-refractivity contribution in [2.45, 2.75) is 44.8 Å². The summed E-state index contributed by atoms with van der Waals surface area (Å²) in [6, 6.07) is 4.55. The van der Waals surface area contributed by atoms with Crippen LogP contribution in [0.5, 0.6) is 0 Å². The van der Waals surface area contributed by atoms with Gasteiger partial charge in [0.1, 0.15) is 11.5 Å². The fourth-order valence-electron chi connectivity index (χ4n) is 5.20. The topological polar surface area (TPSA) is 105 Å². The van der Waals surface area contributed by atoms with Crippen molar-refractivity contribution in [3.05, 3.63) is 57.8 Å². The number of halogens is 3. The standard InChI is InChI=1S/C25H24F3N5O3/c1-32(24(35)19-7-18-21(30-19)16-10-36-11-17(16)22(29)31-18)20-9-33(23(34)12-2-3-12)8-13-6-14(25(26,27)28)4-5-15(13)20/h4-7,12,20,30H,2-3,8-11H2,1H3,(H2,29,31)/t20-/m1/s1. The third-order valence-electron chi connectivity index (χ3n) is 7.35. The van der Waals surface area contributed by atoms with Crippen LogP contribution in [0.25, 0.3) is 11.0 Å². The summed E-state index contributed by atoms with van der Waals surface area (Å²) in [5.74, 6) is -0.175. The van der Waals surface area contributed by atoms with Gasteiger partial charge in [-0.05, 0) is 42.2 Å². The van der Waals surface area contributed by atoms with Gasteiger partial charge in [0.25, 0.3) is 5.91 Å². The number of pyridine rings is 1. The Bertz CT molecular complexity index is 1410. The Morgan fingerprint density at radius 2 is 1.94 bits per heavy atom. The van der Waals surface area contributed by atoms with E-state index in [0.29, 0.717) is 41.2 Å². The van der Waals surface area contributed by atoms with Gasteiger partial charge in [-0.2, -0.15) is 13.2 Å². The van der Waals surface area contributed by atoms with Crippen LogP contribution < -0.4 is 5.73 Å². The fourth-order valence-corrected chi connectivity index (χ4v) is 5.20. The van der Waals surface area contributed by atoms with E-state index in [-0.39, 0.29) is 36.5 Å². The van der Waals surface area contributed by atoms with Crippen LogP contribution in [0.2, 0.25) is 0 Å². The summed E-state index contributed by atoms with van der Waals surface area (Å²) in [4.78, 5) is 37.0. The van der Waals surface area contributed by atoms with Gasteiger partial charge in [-0.25, -0.2) is 4.98 Å². The number of alkyl halides is 3. The minimum Gasteiger partial charge on any atom is -0.383 e. The van der Waals surface area contributed by atoms with E-state index in [1.54, 1.807) is 18.0 Å². The number of H-pyrrole nitrogens is 1. The fraction of sp³-hybridized carbons (Fsp3) is 0.400. The number of nitrogen functional groups attached to an aromatic ring is 1. The van der Waals surface area contributed by atoms with E-state index in [1.807, 2.05) is 0 Å². The molecule has 0 radical (unpaired) electrons. The summed E-state index contributed by atoms with van der Waals surface area (Å²) in [7, 11) is 1.60. The normalized spacial score (nSPS) is 19.3. The minimum absolute atomic E-state index is 0.0789. The quantitative estimate of drug-likeness (QED) is 0.571. The maximum Gasteiger partial charge on any atom is 0.416 e. The predicted octanol–water partition coefficient (Wildman–Crippen LogP) is 3.76. The van der Waals surface area contributed by atoms with Crippen molar-refractivity contribution in [2.24, 2.45) is 5.92 Å². The summed E-state index contributed by atoms with van der Waals surface area (Å²) in [6.07, 6.45) is -2.94. The molecule has 11 heteroatoms. The highest BCUT2D eigenvalue weighted by Gasteiger charge is 2.40. The molecule has 1 aromatic carbocycles. The van der Waals surface area contributed by atoms with Crippen LogP contribution in [0, 0.1) is 5.92 Å². The average Bonchev–Trinajstić information content (AvgIpc) is 3.41. The largest absolute Gasteiger partial charge is 0.416 e. The van der Waals surface area contributed by atoms with Gasteiger partial charge in [0.15, 0.2) is 0 Å². The summed E-state index contributed by atoms with van der Waals surface area (Å²) < 4.78 is 45.7. The van der Waals surface area contributed by atoms with Crippen LogP contribution in [-0.2, 0) is 35.5 Å². The molecule has 0 bridgehead atoms. The van der Waals surface area contributed by atoms with Crippen LogP contribution in [-0.4, -0.2) is 45.2 Å². The van der Waals surface area contributed by atoms with Gasteiger partial charge in [-0.15, -0.1) is 0 Å². The number of nitrogens with one attached hydrogen (secondary N) is 1. The number of hydrogen-bond donors (Lipinski definition) is 2. The molecule has 8 nitrogen and oxygen atoms in total. The molecular formula is C25H24F3N5O3. The van der Waals surface area contributed by atoms with E-state index >= 15 is 0 Å². The number of amides is 2. The van der Waals surface area contributed by atoms with Gasteiger partial charge < -0.3 is 25.3 Å². The number of aromatic nitrogens is 2. The smallest absolute Gasteiger partial charge is 0.383 e. The van der Waals surface area contributed by atoms with E-state index in [4.69, 9.17) is 10.5 Å². The lowest BCUT2D eigenvalue weighted by atomic mass is 9.92. The number of benzene rings is 1. The number of ether oxygens (including phenoxy) is 1. The highest BCUT2D eigenvalue weighted by Crippen LogP contribution is 2.39. The third-order valence-corrected chi connectivity index (χ3v) is 7.35. The van der Waals surface area contributed by atoms with E-state index in [9.17, 15) is 22.8 Å². The number of carbonyl (C=O) groups is 2. The first-order valence-electron chi connectivity index (χ1n) is 11.8. The Balaban J connectivity index is 1.36. The van der Waals surface area contributed by atoms with Crippen molar-refractivity contribution in [3.63, 3.8) is 0 Å². The monoisotopic (exact) mass is 499 g/mol. The molecule has 0 spiro atoms. The van der Waals surface area contributed by atoms with Crippen molar-refractivity contribution in [1.29, 1.82) is 0 Å².